The van der Waals surface area contributed by atoms with Crippen molar-refractivity contribution in [3.63, 3.8) is 0 Å². The van der Waals surface area contributed by atoms with Crippen LogP contribution in [0.3, 0.4) is 0 Å². The Morgan fingerprint density at radius 2 is 1.56 bits per heavy atom. The zero-order valence-corrected chi connectivity index (χ0v) is 47.4. The number of hydrogen-bond acceptors (Lipinski definition) is 19. The summed E-state index contributed by atoms with van der Waals surface area (Å²) in [6, 6.07) is -1.80. The smallest absolute Gasteiger partial charge is 0.318 e. The van der Waals surface area contributed by atoms with E-state index in [4.69, 9.17) is 4.74 Å². The Labute approximate surface area is 474 Å². The molecule has 80 heavy (non-hydrogen) atoms. The van der Waals surface area contributed by atoms with Gasteiger partial charge in [0.1, 0.15) is 34.4 Å². The number of fused-ring (bicyclic) bond motifs is 5. The highest BCUT2D eigenvalue weighted by atomic mass is 32.2. The summed E-state index contributed by atoms with van der Waals surface area (Å²) in [6.07, 6.45) is -4.44. The third-order valence-electron chi connectivity index (χ3n) is 14.4. The van der Waals surface area contributed by atoms with Crippen LogP contribution in [0.4, 0.5) is 0 Å². The normalized spacial score (nSPS) is 27.6. The summed E-state index contributed by atoms with van der Waals surface area (Å²) in [7, 11) is 0. The lowest BCUT2D eigenvalue weighted by molar-refractivity contribution is -0.143. The molecule has 2 bridgehead atoms. The van der Waals surface area contributed by atoms with Crippen LogP contribution in [0.15, 0.2) is 23.2 Å². The van der Waals surface area contributed by atoms with Crippen molar-refractivity contribution in [3.8, 4) is 0 Å². The summed E-state index contributed by atoms with van der Waals surface area (Å²) in [5.41, 5.74) is -0.445. The van der Waals surface area contributed by atoms with Gasteiger partial charge in [-0.3, -0.25) is 52.7 Å². The molecule has 1 aromatic carbocycles. The minimum absolute atomic E-state index is 0.0188. The Balaban J connectivity index is 1.24. The van der Waals surface area contributed by atoms with Crippen molar-refractivity contribution >= 4 is 111 Å². The van der Waals surface area contributed by atoms with Crippen LogP contribution in [0, 0.1) is 11.8 Å². The first-order valence-corrected chi connectivity index (χ1v) is 29.6. The summed E-state index contributed by atoms with van der Waals surface area (Å²) in [6.45, 7) is 4.55. The van der Waals surface area contributed by atoms with E-state index in [0.29, 0.717) is 38.6 Å². The van der Waals surface area contributed by atoms with Crippen LogP contribution in [0.25, 0.3) is 10.9 Å². The summed E-state index contributed by atoms with van der Waals surface area (Å²) < 4.78 is 5.46. The van der Waals surface area contributed by atoms with Crippen molar-refractivity contribution in [3.05, 3.63) is 29.3 Å². The van der Waals surface area contributed by atoms with Gasteiger partial charge in [0.25, 0.3) is 0 Å². The summed E-state index contributed by atoms with van der Waals surface area (Å²) >= 11 is 3.50. The molecular weight excluding hydrogens is 1100 g/mol. The highest BCUT2D eigenvalue weighted by Gasteiger charge is 2.45. The topological polar surface area (TPSA) is 389 Å². The van der Waals surface area contributed by atoms with E-state index in [1.54, 1.807) is 18.2 Å². The molecule has 7 amide bonds. The fourth-order valence-electron chi connectivity index (χ4n) is 9.73. The van der Waals surface area contributed by atoms with E-state index >= 15 is 0 Å². The van der Waals surface area contributed by atoms with Gasteiger partial charge in [-0.25, -0.2) is 0 Å². The first-order valence-electron chi connectivity index (χ1n) is 26.5. The molecule has 4 aliphatic heterocycles. The van der Waals surface area contributed by atoms with Crippen LogP contribution in [-0.2, 0) is 70.3 Å². The molecule has 2 saturated heterocycles. The Kier molecular flexibility index (Phi) is 22.9. The molecule has 25 nitrogen and oxygen atoms in total. The van der Waals surface area contributed by atoms with Gasteiger partial charge in [0.2, 0.25) is 41.4 Å². The molecule has 12 N–H and O–H groups in total. The quantitative estimate of drug-likeness (QED) is 0.0735. The van der Waals surface area contributed by atoms with Gasteiger partial charge in [0, 0.05) is 92.2 Å². The minimum Gasteiger partial charge on any atom is -0.480 e. The molecule has 5 heterocycles. The van der Waals surface area contributed by atoms with E-state index in [1.165, 1.54) is 51.2 Å². The molecule has 0 aliphatic carbocycles. The average Bonchev–Trinajstić information content (AvgIpc) is 4.17. The van der Waals surface area contributed by atoms with E-state index in [-0.39, 0.29) is 88.3 Å². The first kappa shape index (κ1) is 63.6. The van der Waals surface area contributed by atoms with Crippen molar-refractivity contribution in [1.29, 1.82) is 0 Å². The van der Waals surface area contributed by atoms with Gasteiger partial charge in [-0.2, -0.15) is 0 Å². The van der Waals surface area contributed by atoms with Crippen LogP contribution in [0.2, 0.25) is 0 Å². The SMILES string of the molecule is CC(O)[C@H]1CC(=O)[C@H](C)NC(=O)[C@H](C[C@@](C)(O)CO)NC(=O)[C@H]2CC(=O)[C@H](C)NC(=O)[C@@H]3C[C@@H](O)CN3C(=O)[C@@H](CSc3[nH]c4ccc(CC(=O)CCCNC(=O)CCOCCNC(=O)C5SCSC5C(=O)O)cc4c3C2)NC1=O. The number of benzene rings is 1. The number of carbonyl (C=O) groups excluding carboxylic acids is 10. The van der Waals surface area contributed by atoms with Crippen molar-refractivity contribution in [2.24, 2.45) is 11.8 Å². The lowest BCUT2D eigenvalue weighted by Gasteiger charge is -2.30. The lowest BCUT2D eigenvalue weighted by atomic mass is 9.89. The number of rotatable bonds is 18. The van der Waals surface area contributed by atoms with Gasteiger partial charge in [-0.05, 0) is 63.8 Å². The molecule has 0 saturated carbocycles. The number of aliphatic hydroxyl groups excluding tert-OH is 3. The van der Waals surface area contributed by atoms with Crippen molar-refractivity contribution in [2.45, 2.75) is 149 Å². The number of carbonyl (C=O) groups is 11. The van der Waals surface area contributed by atoms with Crippen molar-refractivity contribution in [1.82, 2.24) is 41.8 Å². The predicted molar refractivity (Wildman–Crippen MR) is 293 cm³/mol. The van der Waals surface area contributed by atoms with E-state index in [2.05, 4.69) is 36.9 Å². The second kappa shape index (κ2) is 28.9. The molecule has 3 unspecified atom stereocenters. The van der Waals surface area contributed by atoms with Crippen molar-refractivity contribution in [2.75, 3.05) is 50.3 Å². The molecule has 2 fully saturated rings. The molecule has 28 heteroatoms. The fourth-order valence-corrected chi connectivity index (χ4v) is 13.8. The number of aliphatic hydroxyl groups is 4. The van der Waals surface area contributed by atoms with E-state index in [9.17, 15) is 78.3 Å². The zero-order valence-electron chi connectivity index (χ0n) is 44.9. The molecule has 0 spiro atoms. The van der Waals surface area contributed by atoms with Crippen molar-refractivity contribution < 1.29 is 83.0 Å². The molecule has 440 valence electrons. The van der Waals surface area contributed by atoms with E-state index in [0.717, 1.165) is 16.7 Å². The number of carboxylic acid groups (broad SMARTS) is 1. The number of thioether (sulfide) groups is 3. The Morgan fingerprint density at radius 3 is 2.26 bits per heavy atom. The lowest BCUT2D eigenvalue weighted by Crippen LogP contribution is -2.57. The number of amides is 7. The van der Waals surface area contributed by atoms with Crippen LogP contribution >= 0.6 is 35.3 Å². The largest absolute Gasteiger partial charge is 0.480 e. The monoisotopic (exact) mass is 1180 g/mol. The van der Waals surface area contributed by atoms with Gasteiger partial charge >= 0.3 is 5.97 Å². The number of carboxylic acids is 1. The number of nitrogens with zero attached hydrogens (tertiary/aromatic N) is 1. The minimum atomic E-state index is -1.95. The van der Waals surface area contributed by atoms with Gasteiger partial charge in [0.15, 0.2) is 11.6 Å². The number of ketones is 3. The number of ether oxygens (including phenoxy) is 1. The van der Waals surface area contributed by atoms with Crippen LogP contribution in [-0.4, -0.2) is 209 Å². The van der Waals surface area contributed by atoms with Gasteiger partial charge in [-0.15, -0.1) is 35.3 Å². The van der Waals surface area contributed by atoms with Gasteiger partial charge in [-0.1, -0.05) is 6.07 Å². The van der Waals surface area contributed by atoms with E-state index < -0.39 is 143 Å². The first-order chi connectivity index (χ1) is 37.9. The predicted octanol–water partition coefficient (Wildman–Crippen LogP) is -1.77. The second-order valence-electron chi connectivity index (χ2n) is 21.0. The van der Waals surface area contributed by atoms with E-state index in [1.807, 2.05) is 0 Å². The third kappa shape index (κ3) is 17.2. The fraction of sp³-hybridized carbons (Fsp3) is 0.635. The highest BCUT2D eigenvalue weighted by Crippen LogP contribution is 2.37. The Hall–Kier alpha value is -5.62. The van der Waals surface area contributed by atoms with Crippen LogP contribution in [0.1, 0.15) is 83.8 Å². The maximum atomic E-state index is 14.8. The second-order valence-corrected chi connectivity index (χ2v) is 24.7. The third-order valence-corrected chi connectivity index (χ3v) is 18.4. The Morgan fingerprint density at radius 1 is 0.863 bits per heavy atom. The van der Waals surface area contributed by atoms with Crippen LogP contribution in [0.5, 0.6) is 0 Å². The maximum absolute atomic E-state index is 14.8. The van der Waals surface area contributed by atoms with Gasteiger partial charge in [0.05, 0.1) is 60.7 Å². The zero-order chi connectivity index (χ0) is 58.6. The molecule has 0 radical (unpaired) electrons. The maximum Gasteiger partial charge on any atom is 0.318 e. The molecule has 12 atom stereocenters. The molecule has 2 aromatic rings. The summed E-state index contributed by atoms with van der Waals surface area (Å²) in [5, 5.41) is 67.7. The summed E-state index contributed by atoms with van der Waals surface area (Å²) in [4.78, 5) is 154. The molecule has 6 rings (SSSR count). The highest BCUT2D eigenvalue weighted by molar-refractivity contribution is 8.20. The van der Waals surface area contributed by atoms with Crippen LogP contribution < -0.4 is 31.9 Å². The number of Topliss-reactive ketones (excluding diaryl/α,β-unsaturated/α-hetero) is 3. The number of nitrogens with one attached hydrogen (secondary N) is 7. The number of aliphatic carboxylic acids is 1. The Bertz CT molecular complexity index is 2670. The molecule has 1 aromatic heterocycles. The number of aromatic nitrogens is 1. The molecular formula is C52H72N8O17S3. The number of aromatic amines is 1. The standard InChI is InChI=1S/C52H72N8O17S3/c1-25-39(65)17-29-16-34-33-15-28(14-30(63)6-5-10-53-41(67)9-12-77-13-11-54-48(72)42-43(51(74)75)80-24-79-42)7-8-35(33)59-49(34)78-22-37(50(73)60-21-31(64)18-38(60)47(71)56-25)58-45(69)32(27(3)62)19-40(66)26(2)55-46(70)36(57-44(29)68)20-52(4,76)23-61/h7-8,15,25-27,29,31-32,36-38,42-43,59,61-62,64,76H,5-6,9-14,16-24H2,1-4H3,(H,53,67)(H,54,72)(H,55,70)(H,56,71)(H,57,68)(H,58,69)(H,74,75)/t25-,26-,27?,29+,31+,32+,36-,37+,38-,42?,43?,52+/m0/s1. The average molecular weight is 1180 g/mol. The number of H-pyrrole nitrogens is 1. The summed E-state index contributed by atoms with van der Waals surface area (Å²) in [5.74, 6) is -10.6. The number of hydrogen-bond donors (Lipinski definition) is 12. The molecule has 4 aliphatic rings. The van der Waals surface area contributed by atoms with Gasteiger partial charge < -0.3 is 72.1 Å².